The monoisotopic (exact) mass is 234 g/mol. The summed E-state index contributed by atoms with van der Waals surface area (Å²) >= 11 is 0. The fourth-order valence-corrected chi connectivity index (χ4v) is 2.10. The van der Waals surface area contributed by atoms with Crippen molar-refractivity contribution >= 4 is 11.5 Å². The third-order valence-electron chi connectivity index (χ3n) is 3.25. The Balaban J connectivity index is 2.10. The first-order chi connectivity index (χ1) is 8.08. The van der Waals surface area contributed by atoms with Gasteiger partial charge in [0.2, 0.25) is 0 Å². The number of rotatable bonds is 2. The molecule has 1 aliphatic rings. The summed E-state index contributed by atoms with van der Waals surface area (Å²) in [5.74, 6) is 0.259. The molecule has 2 unspecified atom stereocenters. The predicted molar refractivity (Wildman–Crippen MR) is 67.3 cm³/mol. The number of aromatic nitrogens is 1. The van der Waals surface area contributed by atoms with Crippen LogP contribution in [0.3, 0.4) is 0 Å². The minimum atomic E-state index is -0.198. The van der Waals surface area contributed by atoms with Crippen LogP contribution in [0.2, 0.25) is 0 Å². The lowest BCUT2D eigenvalue weighted by Crippen LogP contribution is -2.42. The lowest BCUT2D eigenvalue weighted by atomic mass is 9.96. The van der Waals surface area contributed by atoms with Crippen LogP contribution in [0.1, 0.15) is 19.0 Å². The molecule has 1 aromatic heterocycles. The quantitative estimate of drug-likeness (QED) is 0.516. The normalized spacial score (nSPS) is 24.7. The largest absolute Gasteiger partial charge is 0.393 e. The summed E-state index contributed by atoms with van der Waals surface area (Å²) in [6.07, 6.45) is 2.33. The van der Waals surface area contributed by atoms with Gasteiger partial charge in [0.05, 0.1) is 18.0 Å². The molecule has 0 amide bonds. The van der Waals surface area contributed by atoms with Gasteiger partial charge >= 0.3 is 0 Å². The van der Waals surface area contributed by atoms with Gasteiger partial charge in [0.15, 0.2) is 0 Å². The van der Waals surface area contributed by atoms with E-state index in [-0.39, 0.29) is 17.9 Å². The maximum absolute atomic E-state index is 9.67. The van der Waals surface area contributed by atoms with Gasteiger partial charge in [0.25, 0.3) is 0 Å². The van der Waals surface area contributed by atoms with Gasteiger partial charge < -0.3 is 15.7 Å². The van der Waals surface area contributed by atoms with Crippen molar-refractivity contribution in [2.75, 3.05) is 18.0 Å². The molecule has 0 bridgehead atoms. The number of hydrogen-bond acceptors (Lipinski definition) is 4. The first-order valence-electron chi connectivity index (χ1n) is 5.81. The second-order valence-corrected chi connectivity index (χ2v) is 4.59. The average Bonchev–Trinajstić information content (AvgIpc) is 2.33. The van der Waals surface area contributed by atoms with Crippen molar-refractivity contribution in [3.05, 3.63) is 24.0 Å². The lowest BCUT2D eigenvalue weighted by molar-refractivity contribution is 0.0971. The Morgan fingerprint density at radius 1 is 1.59 bits per heavy atom. The van der Waals surface area contributed by atoms with E-state index in [1.807, 2.05) is 13.0 Å². The summed E-state index contributed by atoms with van der Waals surface area (Å²) in [4.78, 5) is 6.35. The molecule has 1 saturated heterocycles. The summed E-state index contributed by atoms with van der Waals surface area (Å²) in [6.45, 7) is 3.73. The van der Waals surface area contributed by atoms with Gasteiger partial charge in [-0.25, -0.2) is 0 Å². The molecule has 0 aromatic carbocycles. The molecule has 1 aromatic rings. The maximum atomic E-state index is 9.67. The Labute approximate surface area is 101 Å². The van der Waals surface area contributed by atoms with Gasteiger partial charge in [0.1, 0.15) is 11.5 Å². The predicted octanol–water partition coefficient (Wildman–Crippen LogP) is 0.573. The van der Waals surface area contributed by atoms with Gasteiger partial charge in [0, 0.05) is 13.1 Å². The number of anilines is 1. The van der Waals surface area contributed by atoms with E-state index in [1.165, 1.54) is 0 Å². The van der Waals surface area contributed by atoms with E-state index in [1.54, 1.807) is 12.3 Å². The molecular formula is C12H18N4O. The standard InChI is InChI=1S/C12H18N4O/c1-8-7-16(5-4-11(8)17)9-2-3-10(12(13)14)15-6-9/h2-3,6,8,11,17H,4-5,7H2,1H3,(H3,13,14). The Bertz CT molecular complexity index is 403. The van der Waals surface area contributed by atoms with E-state index in [0.717, 1.165) is 25.2 Å². The molecular weight excluding hydrogens is 216 g/mol. The molecule has 1 fully saturated rings. The Kier molecular flexibility index (Phi) is 3.28. The molecule has 92 valence electrons. The second-order valence-electron chi connectivity index (χ2n) is 4.59. The number of pyridine rings is 1. The minimum absolute atomic E-state index is 0.0148. The highest BCUT2D eigenvalue weighted by molar-refractivity contribution is 5.93. The van der Waals surface area contributed by atoms with Crippen LogP contribution < -0.4 is 10.6 Å². The maximum Gasteiger partial charge on any atom is 0.141 e. The van der Waals surface area contributed by atoms with Crippen molar-refractivity contribution in [1.82, 2.24) is 4.98 Å². The van der Waals surface area contributed by atoms with Gasteiger partial charge in [-0.1, -0.05) is 6.92 Å². The van der Waals surface area contributed by atoms with E-state index in [9.17, 15) is 5.11 Å². The van der Waals surface area contributed by atoms with Gasteiger partial charge in [-0.2, -0.15) is 0 Å². The third kappa shape index (κ3) is 2.55. The zero-order valence-electron chi connectivity index (χ0n) is 9.93. The van der Waals surface area contributed by atoms with E-state index in [4.69, 9.17) is 11.1 Å². The highest BCUT2D eigenvalue weighted by atomic mass is 16.3. The molecule has 4 N–H and O–H groups in total. The summed E-state index contributed by atoms with van der Waals surface area (Å²) < 4.78 is 0. The summed E-state index contributed by atoms with van der Waals surface area (Å²) in [5.41, 5.74) is 6.88. The van der Waals surface area contributed by atoms with Crippen LogP contribution in [0.5, 0.6) is 0 Å². The molecule has 0 saturated carbocycles. The second kappa shape index (κ2) is 4.71. The van der Waals surface area contributed by atoms with Crippen molar-refractivity contribution in [3.63, 3.8) is 0 Å². The van der Waals surface area contributed by atoms with Crippen LogP contribution in [-0.2, 0) is 0 Å². The molecule has 2 atom stereocenters. The first-order valence-corrected chi connectivity index (χ1v) is 5.81. The molecule has 1 aliphatic heterocycles. The summed E-state index contributed by atoms with van der Waals surface area (Å²) in [6, 6.07) is 3.68. The number of nitrogen functional groups attached to an aromatic ring is 1. The molecule has 0 spiro atoms. The van der Waals surface area contributed by atoms with Gasteiger partial charge in [-0.3, -0.25) is 10.4 Å². The topological polar surface area (TPSA) is 86.2 Å². The van der Waals surface area contributed by atoms with Gasteiger partial charge in [-0.15, -0.1) is 0 Å². The SMILES string of the molecule is CC1CN(c2ccc(C(=N)N)nc2)CCC1O. The number of aliphatic hydroxyl groups is 1. The van der Waals surface area contributed by atoms with Crippen LogP contribution in [0.25, 0.3) is 0 Å². The zero-order chi connectivity index (χ0) is 12.4. The van der Waals surface area contributed by atoms with Crippen LogP contribution in [0.15, 0.2) is 18.3 Å². The molecule has 2 rings (SSSR count). The van der Waals surface area contributed by atoms with Crippen LogP contribution in [-0.4, -0.2) is 35.1 Å². The Morgan fingerprint density at radius 3 is 2.88 bits per heavy atom. The van der Waals surface area contributed by atoms with E-state index in [2.05, 4.69) is 9.88 Å². The summed E-state index contributed by atoms with van der Waals surface area (Å²) in [5, 5.41) is 16.9. The number of nitrogens with two attached hydrogens (primary N) is 1. The number of piperidine rings is 1. The fourth-order valence-electron chi connectivity index (χ4n) is 2.10. The van der Waals surface area contributed by atoms with Crippen molar-refractivity contribution in [2.24, 2.45) is 11.7 Å². The van der Waals surface area contributed by atoms with Crippen LogP contribution in [0.4, 0.5) is 5.69 Å². The lowest BCUT2D eigenvalue weighted by Gasteiger charge is -2.35. The highest BCUT2D eigenvalue weighted by Gasteiger charge is 2.24. The number of amidine groups is 1. The van der Waals surface area contributed by atoms with Crippen LogP contribution in [0, 0.1) is 11.3 Å². The van der Waals surface area contributed by atoms with Crippen molar-refractivity contribution in [2.45, 2.75) is 19.4 Å². The van der Waals surface area contributed by atoms with E-state index in [0.29, 0.717) is 5.69 Å². The summed E-state index contributed by atoms with van der Waals surface area (Å²) in [7, 11) is 0. The van der Waals surface area contributed by atoms with Crippen molar-refractivity contribution in [1.29, 1.82) is 5.41 Å². The molecule has 2 heterocycles. The number of nitrogens with zero attached hydrogens (tertiary/aromatic N) is 2. The third-order valence-corrected chi connectivity index (χ3v) is 3.25. The van der Waals surface area contributed by atoms with Crippen LogP contribution >= 0.6 is 0 Å². The number of aliphatic hydroxyl groups excluding tert-OH is 1. The van der Waals surface area contributed by atoms with Crippen molar-refractivity contribution in [3.8, 4) is 0 Å². The van der Waals surface area contributed by atoms with E-state index >= 15 is 0 Å². The first kappa shape index (κ1) is 11.9. The Morgan fingerprint density at radius 2 is 2.35 bits per heavy atom. The zero-order valence-corrected chi connectivity index (χ0v) is 9.93. The Hall–Kier alpha value is -1.62. The number of hydrogen-bond donors (Lipinski definition) is 3. The molecule has 0 radical (unpaired) electrons. The molecule has 17 heavy (non-hydrogen) atoms. The fraction of sp³-hybridized carbons (Fsp3) is 0.500. The molecule has 5 nitrogen and oxygen atoms in total. The molecule has 5 heteroatoms. The van der Waals surface area contributed by atoms with E-state index < -0.39 is 0 Å². The number of nitrogens with one attached hydrogen (secondary N) is 1. The van der Waals surface area contributed by atoms with Gasteiger partial charge in [-0.05, 0) is 24.5 Å². The molecule has 0 aliphatic carbocycles. The minimum Gasteiger partial charge on any atom is -0.393 e. The average molecular weight is 234 g/mol. The van der Waals surface area contributed by atoms with Crippen molar-refractivity contribution < 1.29 is 5.11 Å². The highest BCUT2D eigenvalue weighted by Crippen LogP contribution is 2.22. The smallest absolute Gasteiger partial charge is 0.141 e.